The van der Waals surface area contributed by atoms with Gasteiger partial charge in [0, 0.05) is 18.2 Å². The first-order valence-corrected chi connectivity index (χ1v) is 10.5. The van der Waals surface area contributed by atoms with Crippen LogP contribution in [0.2, 0.25) is 0 Å². The Hall–Kier alpha value is -2.27. The summed E-state index contributed by atoms with van der Waals surface area (Å²) in [7, 11) is 0. The normalized spacial score (nSPS) is 17.8. The second-order valence-corrected chi connectivity index (χ2v) is 7.96. The molecule has 0 unspecified atom stereocenters. The van der Waals surface area contributed by atoms with Crippen LogP contribution in [0.25, 0.3) is 0 Å². The fourth-order valence-corrected chi connectivity index (χ4v) is 4.29. The number of carbonyl (C=O) groups is 2. The number of hydrogen-bond donors (Lipinski definition) is 1. The molecular weight excluding hydrogens is 356 g/mol. The summed E-state index contributed by atoms with van der Waals surface area (Å²) in [6.45, 7) is 4.75. The Labute approximate surface area is 165 Å². The third-order valence-corrected chi connectivity index (χ3v) is 6.16. The highest BCUT2D eigenvalue weighted by atomic mass is 32.2. The van der Waals surface area contributed by atoms with Gasteiger partial charge in [0.15, 0.2) is 0 Å². The van der Waals surface area contributed by atoms with Crippen LogP contribution in [0, 0.1) is 0 Å². The fourth-order valence-electron chi connectivity index (χ4n) is 3.07. The van der Waals surface area contributed by atoms with Crippen LogP contribution in [0.4, 0.5) is 0 Å². The third-order valence-electron chi connectivity index (χ3n) is 4.90. The zero-order valence-electron chi connectivity index (χ0n) is 15.9. The number of benzene rings is 2. The molecule has 2 aromatic rings. The Morgan fingerprint density at radius 2 is 1.89 bits per heavy atom. The monoisotopic (exact) mass is 382 g/mol. The molecule has 2 aromatic carbocycles. The summed E-state index contributed by atoms with van der Waals surface area (Å²) < 4.78 is 0. The van der Waals surface area contributed by atoms with Crippen molar-refractivity contribution in [2.24, 2.45) is 0 Å². The summed E-state index contributed by atoms with van der Waals surface area (Å²) in [4.78, 5) is 26.5. The van der Waals surface area contributed by atoms with Gasteiger partial charge in [-0.15, -0.1) is 11.8 Å². The van der Waals surface area contributed by atoms with E-state index in [9.17, 15) is 9.59 Å². The molecule has 3 rings (SSSR count). The predicted octanol–water partition coefficient (Wildman–Crippen LogP) is 4.03. The van der Waals surface area contributed by atoms with Crippen LogP contribution in [-0.4, -0.2) is 35.1 Å². The van der Waals surface area contributed by atoms with Crippen molar-refractivity contribution in [3.05, 3.63) is 71.3 Å². The number of rotatable bonds is 7. The van der Waals surface area contributed by atoms with Crippen molar-refractivity contribution in [2.75, 3.05) is 12.3 Å². The summed E-state index contributed by atoms with van der Waals surface area (Å²) >= 11 is 1.65. The lowest BCUT2D eigenvalue weighted by atomic mass is 10.1. The second kappa shape index (κ2) is 9.09. The van der Waals surface area contributed by atoms with Gasteiger partial charge < -0.3 is 10.2 Å². The molecule has 0 saturated carbocycles. The van der Waals surface area contributed by atoms with Gasteiger partial charge in [-0.25, -0.2) is 0 Å². The van der Waals surface area contributed by atoms with Gasteiger partial charge in [0.2, 0.25) is 5.91 Å². The van der Waals surface area contributed by atoms with E-state index in [1.165, 1.54) is 5.56 Å². The average Bonchev–Trinajstić information content (AvgIpc) is 3.07. The van der Waals surface area contributed by atoms with E-state index < -0.39 is 0 Å². The van der Waals surface area contributed by atoms with E-state index in [2.05, 4.69) is 17.4 Å². The van der Waals surface area contributed by atoms with Crippen LogP contribution in [0.15, 0.2) is 54.6 Å². The first kappa shape index (κ1) is 19.5. The maximum absolute atomic E-state index is 12.3. The lowest BCUT2D eigenvalue weighted by Gasteiger charge is -2.24. The average molecular weight is 383 g/mol. The quantitative estimate of drug-likeness (QED) is 0.786. The number of amides is 2. The van der Waals surface area contributed by atoms with Crippen molar-refractivity contribution in [2.45, 2.75) is 38.1 Å². The van der Waals surface area contributed by atoms with Crippen molar-refractivity contribution in [1.82, 2.24) is 10.2 Å². The lowest BCUT2D eigenvalue weighted by Crippen LogP contribution is -2.32. The molecule has 0 aliphatic carbocycles. The van der Waals surface area contributed by atoms with Gasteiger partial charge >= 0.3 is 0 Å². The molecule has 0 spiro atoms. The minimum Gasteiger partial charge on any atom is -0.350 e. The zero-order valence-corrected chi connectivity index (χ0v) is 16.7. The Morgan fingerprint density at radius 3 is 2.56 bits per heavy atom. The molecule has 27 heavy (non-hydrogen) atoms. The van der Waals surface area contributed by atoms with E-state index in [0.717, 1.165) is 18.4 Å². The largest absolute Gasteiger partial charge is 0.350 e. The van der Waals surface area contributed by atoms with Gasteiger partial charge in [-0.2, -0.15) is 0 Å². The van der Waals surface area contributed by atoms with Crippen LogP contribution < -0.4 is 5.32 Å². The molecule has 0 bridgehead atoms. The zero-order chi connectivity index (χ0) is 19.2. The van der Waals surface area contributed by atoms with Gasteiger partial charge in [0.25, 0.3) is 5.91 Å². The minimum atomic E-state index is -0.0491. The Bertz CT molecular complexity index is 777. The van der Waals surface area contributed by atoms with Crippen LogP contribution in [0.5, 0.6) is 0 Å². The minimum absolute atomic E-state index is 0.0212. The Kier molecular flexibility index (Phi) is 6.56. The molecule has 1 saturated heterocycles. The highest BCUT2D eigenvalue weighted by Crippen LogP contribution is 2.38. The summed E-state index contributed by atoms with van der Waals surface area (Å²) in [5.41, 5.74) is 2.96. The maximum atomic E-state index is 12.3. The number of thioether (sulfide) groups is 1. The summed E-state index contributed by atoms with van der Waals surface area (Å²) in [6, 6.07) is 18.0. The highest BCUT2D eigenvalue weighted by Gasteiger charge is 2.32. The predicted molar refractivity (Wildman–Crippen MR) is 111 cm³/mol. The van der Waals surface area contributed by atoms with Gasteiger partial charge in [-0.1, -0.05) is 49.4 Å². The van der Waals surface area contributed by atoms with E-state index in [-0.39, 0.29) is 23.2 Å². The van der Waals surface area contributed by atoms with Crippen LogP contribution in [-0.2, 0) is 11.2 Å². The first-order chi connectivity index (χ1) is 13.1. The molecule has 5 heteroatoms. The third kappa shape index (κ3) is 4.92. The number of hydrogen-bond acceptors (Lipinski definition) is 3. The number of nitrogens with zero attached hydrogens (tertiary/aromatic N) is 1. The van der Waals surface area contributed by atoms with E-state index in [1.807, 2.05) is 61.2 Å². The number of nitrogens with one attached hydrogen (secondary N) is 1. The van der Waals surface area contributed by atoms with Crippen LogP contribution >= 0.6 is 11.8 Å². The molecular formula is C22H26N2O2S. The molecule has 1 aliphatic rings. The van der Waals surface area contributed by atoms with Crippen LogP contribution in [0.1, 0.15) is 47.1 Å². The van der Waals surface area contributed by atoms with Crippen molar-refractivity contribution in [3.63, 3.8) is 0 Å². The van der Waals surface area contributed by atoms with Gasteiger partial charge in [0.1, 0.15) is 5.37 Å². The molecule has 0 radical (unpaired) electrons. The number of carbonyl (C=O) groups excluding carboxylic acids is 2. The Morgan fingerprint density at radius 1 is 1.19 bits per heavy atom. The van der Waals surface area contributed by atoms with E-state index >= 15 is 0 Å². The molecule has 1 fully saturated rings. The smallest absolute Gasteiger partial charge is 0.251 e. The maximum Gasteiger partial charge on any atom is 0.251 e. The van der Waals surface area contributed by atoms with Crippen molar-refractivity contribution >= 4 is 23.6 Å². The van der Waals surface area contributed by atoms with E-state index in [4.69, 9.17) is 0 Å². The first-order valence-electron chi connectivity index (χ1n) is 9.44. The van der Waals surface area contributed by atoms with Gasteiger partial charge in [-0.05, 0) is 43.0 Å². The molecule has 4 nitrogen and oxygen atoms in total. The summed E-state index contributed by atoms with van der Waals surface area (Å²) in [5.74, 6) is 0.641. The summed E-state index contributed by atoms with van der Waals surface area (Å²) in [5, 5.41) is 3.00. The second-order valence-electron chi connectivity index (χ2n) is 6.89. The lowest BCUT2D eigenvalue weighted by molar-refractivity contribution is -0.128. The Balaban J connectivity index is 1.67. The van der Waals surface area contributed by atoms with Crippen molar-refractivity contribution in [1.29, 1.82) is 0 Å². The molecule has 1 heterocycles. The standard InChI is InChI=1S/C22H26N2O2S/c1-3-16(2)23-21(26)18-9-11-19(12-10-18)22-24(20(25)15-27-22)14-13-17-7-5-4-6-8-17/h4-12,16,22H,3,13-15H2,1-2H3,(H,23,26)/t16-,22+/m1/s1. The van der Waals surface area contributed by atoms with Gasteiger partial charge in [0.05, 0.1) is 5.75 Å². The molecule has 2 amide bonds. The molecule has 0 aromatic heterocycles. The van der Waals surface area contributed by atoms with E-state index in [0.29, 0.717) is 17.9 Å². The topological polar surface area (TPSA) is 49.4 Å². The van der Waals surface area contributed by atoms with Crippen molar-refractivity contribution in [3.8, 4) is 0 Å². The SMILES string of the molecule is CC[C@@H](C)NC(=O)c1ccc([C@@H]2SCC(=O)N2CCc2ccccc2)cc1. The van der Waals surface area contributed by atoms with Crippen molar-refractivity contribution < 1.29 is 9.59 Å². The van der Waals surface area contributed by atoms with Gasteiger partial charge in [-0.3, -0.25) is 9.59 Å². The summed E-state index contributed by atoms with van der Waals surface area (Å²) in [6.07, 6.45) is 1.75. The van der Waals surface area contributed by atoms with Crippen LogP contribution in [0.3, 0.4) is 0 Å². The molecule has 1 N–H and O–H groups in total. The highest BCUT2D eigenvalue weighted by molar-refractivity contribution is 8.00. The fraction of sp³-hybridized carbons (Fsp3) is 0.364. The van der Waals surface area contributed by atoms with E-state index in [1.54, 1.807) is 11.8 Å². The molecule has 142 valence electrons. The molecule has 1 aliphatic heterocycles. The molecule has 2 atom stereocenters.